The van der Waals surface area contributed by atoms with Gasteiger partial charge in [0.15, 0.2) is 11.5 Å². The van der Waals surface area contributed by atoms with Gasteiger partial charge in [-0.3, -0.25) is 0 Å². The van der Waals surface area contributed by atoms with E-state index in [1.807, 2.05) is 0 Å². The molecule has 1 saturated heterocycles. The van der Waals surface area contributed by atoms with Crippen molar-refractivity contribution in [3.63, 3.8) is 0 Å². The van der Waals surface area contributed by atoms with Crippen molar-refractivity contribution in [1.82, 2.24) is 0 Å². The minimum atomic E-state index is 0.0142. The van der Waals surface area contributed by atoms with Crippen LogP contribution in [0.1, 0.15) is 49.7 Å². The molecule has 2 heterocycles. The third-order valence-electron chi connectivity index (χ3n) is 7.83. The van der Waals surface area contributed by atoms with Crippen LogP contribution in [0, 0.1) is 17.0 Å². The molecule has 0 aromatic heterocycles. The van der Waals surface area contributed by atoms with Crippen molar-refractivity contribution in [1.29, 1.82) is 0 Å². The van der Waals surface area contributed by atoms with Gasteiger partial charge in [-0.1, -0.05) is 6.07 Å². The number of rotatable bonds is 2. The van der Waals surface area contributed by atoms with Crippen LogP contribution in [-0.2, 0) is 11.8 Å². The quantitative estimate of drug-likeness (QED) is 0.670. The summed E-state index contributed by atoms with van der Waals surface area (Å²) < 4.78 is 6.35. The molecule has 2 unspecified atom stereocenters. The number of phenols is 1. The van der Waals surface area contributed by atoms with Gasteiger partial charge in [-0.15, -0.1) is 0 Å². The predicted octanol–water partition coefficient (Wildman–Crippen LogP) is 3.24. The summed E-state index contributed by atoms with van der Waals surface area (Å²) >= 11 is 0. The average Bonchev–Trinajstić information content (AvgIpc) is 3.30. The van der Waals surface area contributed by atoms with Crippen LogP contribution in [0.3, 0.4) is 0 Å². The summed E-state index contributed by atoms with van der Waals surface area (Å²) in [6.07, 6.45) is 7.89. The number of benzene rings is 1. The molecule has 128 valence electrons. The minimum Gasteiger partial charge on any atom is -0.633 e. The van der Waals surface area contributed by atoms with Gasteiger partial charge in [-0.05, 0) is 43.7 Å². The van der Waals surface area contributed by atoms with Gasteiger partial charge in [0.25, 0.3) is 0 Å². The highest BCUT2D eigenvalue weighted by Gasteiger charge is 2.66. The van der Waals surface area contributed by atoms with Crippen molar-refractivity contribution < 1.29 is 14.5 Å². The lowest BCUT2D eigenvalue weighted by atomic mass is 9.51. The van der Waals surface area contributed by atoms with E-state index in [1.54, 1.807) is 6.07 Å². The molecule has 2 saturated carbocycles. The van der Waals surface area contributed by atoms with Gasteiger partial charge in [0.05, 0.1) is 24.5 Å². The molecule has 1 aromatic carbocycles. The van der Waals surface area contributed by atoms with Crippen molar-refractivity contribution in [2.75, 3.05) is 13.1 Å². The zero-order valence-electron chi connectivity index (χ0n) is 14.0. The van der Waals surface area contributed by atoms with Crippen LogP contribution in [-0.4, -0.2) is 35.0 Å². The summed E-state index contributed by atoms with van der Waals surface area (Å²) in [6, 6.07) is 4.04. The monoisotopic (exact) mass is 327 g/mol. The predicted molar refractivity (Wildman–Crippen MR) is 89.7 cm³/mol. The fourth-order valence-corrected chi connectivity index (χ4v) is 6.72. The molecule has 2 bridgehead atoms. The molecular formula is C20H25NO3. The molecule has 3 aliphatic carbocycles. The van der Waals surface area contributed by atoms with Crippen LogP contribution in [0.4, 0.5) is 0 Å². The maximum atomic E-state index is 13.8. The van der Waals surface area contributed by atoms with Crippen LogP contribution in [0.2, 0.25) is 0 Å². The summed E-state index contributed by atoms with van der Waals surface area (Å²) in [5, 5.41) is 24.2. The van der Waals surface area contributed by atoms with Crippen LogP contribution < -0.4 is 4.74 Å². The summed E-state index contributed by atoms with van der Waals surface area (Å²) in [7, 11) is 0. The van der Waals surface area contributed by atoms with Gasteiger partial charge < -0.3 is 19.7 Å². The molecule has 1 N–H and O–H groups in total. The first-order valence-corrected chi connectivity index (χ1v) is 9.71. The molecular weight excluding hydrogens is 302 g/mol. The highest BCUT2D eigenvalue weighted by Crippen LogP contribution is 2.64. The highest BCUT2D eigenvalue weighted by atomic mass is 16.5. The van der Waals surface area contributed by atoms with E-state index < -0.39 is 0 Å². The molecule has 24 heavy (non-hydrogen) atoms. The number of hydroxylamine groups is 3. The van der Waals surface area contributed by atoms with Crippen molar-refractivity contribution >= 4 is 0 Å². The van der Waals surface area contributed by atoms with E-state index >= 15 is 0 Å². The Morgan fingerprint density at radius 1 is 1.25 bits per heavy atom. The molecule has 1 spiro atoms. The summed E-state index contributed by atoms with van der Waals surface area (Å²) in [6.45, 7) is 1.58. The summed E-state index contributed by atoms with van der Waals surface area (Å²) in [5.41, 5.74) is 2.58. The molecule has 6 rings (SSSR count). The molecule has 3 fully saturated rings. The number of ether oxygens (including phenoxy) is 1. The van der Waals surface area contributed by atoms with E-state index in [-0.39, 0.29) is 22.2 Å². The number of aromatic hydroxyl groups is 1. The fourth-order valence-electron chi connectivity index (χ4n) is 6.72. The van der Waals surface area contributed by atoms with E-state index in [4.69, 9.17) is 4.74 Å². The average molecular weight is 327 g/mol. The van der Waals surface area contributed by atoms with Crippen molar-refractivity contribution in [3.8, 4) is 11.5 Å². The summed E-state index contributed by atoms with van der Waals surface area (Å²) in [4.78, 5) is 0. The zero-order valence-corrected chi connectivity index (χ0v) is 14.0. The number of quaternary nitrogens is 1. The van der Waals surface area contributed by atoms with Gasteiger partial charge in [-0.2, -0.15) is 0 Å². The van der Waals surface area contributed by atoms with Gasteiger partial charge >= 0.3 is 0 Å². The van der Waals surface area contributed by atoms with Crippen LogP contribution in [0.5, 0.6) is 11.5 Å². The number of hydrogen-bond acceptors (Lipinski definition) is 3. The third kappa shape index (κ3) is 1.53. The first-order chi connectivity index (χ1) is 11.6. The Morgan fingerprint density at radius 3 is 2.96 bits per heavy atom. The lowest BCUT2D eigenvalue weighted by molar-refractivity contribution is -0.919. The maximum absolute atomic E-state index is 13.8. The van der Waals surface area contributed by atoms with Gasteiger partial charge in [-0.25, -0.2) is 0 Å². The second-order valence-corrected chi connectivity index (χ2v) is 8.96. The lowest BCUT2D eigenvalue weighted by Gasteiger charge is -2.64. The smallest absolute Gasteiger partial charge is 0.165 e. The number of hydrogen-bond donors (Lipinski definition) is 1. The van der Waals surface area contributed by atoms with E-state index in [2.05, 4.69) is 6.07 Å². The minimum absolute atomic E-state index is 0.0142. The number of nitrogens with zero attached hydrogens (tertiary/aromatic N) is 1. The van der Waals surface area contributed by atoms with E-state index in [0.29, 0.717) is 17.6 Å². The third-order valence-corrected chi connectivity index (χ3v) is 7.83. The normalized spacial score (nSPS) is 44.8. The standard InChI is InChI=1S/C20H25NO3/c22-16-7-6-13-10-15-14-2-1-3-17-20(14,18(13)19(16)24-17)8-9-21(15,23)11-12-4-5-12/h6-7,12,14-15,17,22H,1-5,8-11H2/t14?,15-,17+,20-,21?/m1/s1. The van der Waals surface area contributed by atoms with Gasteiger partial charge in [0.1, 0.15) is 6.10 Å². The molecule has 0 radical (unpaired) electrons. The topological polar surface area (TPSA) is 52.5 Å². The van der Waals surface area contributed by atoms with Gasteiger partial charge in [0, 0.05) is 30.2 Å². The van der Waals surface area contributed by atoms with Crippen LogP contribution in [0.25, 0.3) is 0 Å². The van der Waals surface area contributed by atoms with E-state index in [1.165, 1.54) is 24.0 Å². The number of piperidine rings is 1. The van der Waals surface area contributed by atoms with Crippen molar-refractivity contribution in [2.45, 2.75) is 62.5 Å². The van der Waals surface area contributed by atoms with Crippen molar-refractivity contribution in [3.05, 3.63) is 28.5 Å². The molecule has 0 amide bonds. The van der Waals surface area contributed by atoms with Crippen molar-refractivity contribution in [2.24, 2.45) is 11.8 Å². The largest absolute Gasteiger partial charge is 0.633 e. The Bertz CT molecular complexity index is 730. The second kappa shape index (κ2) is 4.28. The number of phenolic OH excluding ortho intramolecular Hbond substituents is 1. The molecule has 4 nitrogen and oxygen atoms in total. The van der Waals surface area contributed by atoms with E-state index in [0.717, 1.165) is 50.9 Å². The van der Waals surface area contributed by atoms with E-state index in [9.17, 15) is 10.3 Å². The first-order valence-electron chi connectivity index (χ1n) is 9.71. The lowest BCUT2D eigenvalue weighted by Crippen LogP contribution is -2.70. The number of likely N-dealkylation sites (tertiary alicyclic amines) is 1. The maximum Gasteiger partial charge on any atom is 0.165 e. The molecule has 5 atom stereocenters. The molecule has 4 heteroatoms. The molecule has 5 aliphatic rings. The van der Waals surface area contributed by atoms with Crippen LogP contribution in [0.15, 0.2) is 12.1 Å². The SMILES string of the molecule is [O-][N+]1(CC2CC2)CC[C@]23c4c5ccc(O)c4O[C@H]2CCCC3[C@H]1C5. The highest BCUT2D eigenvalue weighted by molar-refractivity contribution is 5.60. The Labute approximate surface area is 142 Å². The fraction of sp³-hybridized carbons (Fsp3) is 0.700. The second-order valence-electron chi connectivity index (χ2n) is 8.96. The Balaban J connectivity index is 1.54. The Kier molecular flexibility index (Phi) is 2.49. The Hall–Kier alpha value is -1.26. The zero-order chi connectivity index (χ0) is 16.1. The Morgan fingerprint density at radius 2 is 2.12 bits per heavy atom. The van der Waals surface area contributed by atoms with Gasteiger partial charge in [0.2, 0.25) is 0 Å². The summed E-state index contributed by atoms with van der Waals surface area (Å²) in [5.74, 6) is 2.15. The van der Waals surface area contributed by atoms with Crippen LogP contribution >= 0.6 is 0 Å². The first kappa shape index (κ1) is 14.0. The molecule has 1 aromatic rings. The molecule has 2 aliphatic heterocycles.